The maximum Gasteiger partial charge on any atom is 0.259 e. The molecule has 0 atom stereocenters. The topological polar surface area (TPSA) is 58.6 Å². The third-order valence-electron chi connectivity index (χ3n) is 4.46. The standard InChI is InChI=1S/C22H20N2O3/c1-14(2)27-17-11-9-16(10-12-17)23-20(25)13-24-19-8-4-6-15-5-3-7-18(21(15)19)22(24)26/h3-12,14H,13H2,1-2H3,(H,23,25). The van der Waals surface area contributed by atoms with Gasteiger partial charge < -0.3 is 10.1 Å². The highest BCUT2D eigenvalue weighted by molar-refractivity contribution is 6.26. The minimum atomic E-state index is -0.245. The van der Waals surface area contributed by atoms with Gasteiger partial charge in [0.15, 0.2) is 0 Å². The summed E-state index contributed by atoms with van der Waals surface area (Å²) in [6.07, 6.45) is 0.0935. The van der Waals surface area contributed by atoms with E-state index in [9.17, 15) is 9.59 Å². The van der Waals surface area contributed by atoms with Gasteiger partial charge in [-0.05, 0) is 55.6 Å². The Balaban J connectivity index is 1.49. The Morgan fingerprint density at radius 1 is 1.04 bits per heavy atom. The minimum absolute atomic E-state index is 0.0309. The highest BCUT2D eigenvalue weighted by Crippen LogP contribution is 2.36. The number of rotatable bonds is 5. The molecule has 5 nitrogen and oxygen atoms in total. The largest absolute Gasteiger partial charge is 0.491 e. The van der Waals surface area contributed by atoms with Crippen LogP contribution < -0.4 is 15.0 Å². The van der Waals surface area contributed by atoms with Crippen LogP contribution in [0.3, 0.4) is 0 Å². The summed E-state index contributed by atoms with van der Waals surface area (Å²) in [5.41, 5.74) is 2.09. The number of hydrogen-bond acceptors (Lipinski definition) is 3. The smallest absolute Gasteiger partial charge is 0.259 e. The molecular weight excluding hydrogens is 340 g/mol. The molecule has 3 aromatic rings. The van der Waals surface area contributed by atoms with Crippen molar-refractivity contribution in [3.63, 3.8) is 0 Å². The fourth-order valence-corrected chi connectivity index (χ4v) is 3.37. The second kappa shape index (κ2) is 6.76. The Bertz CT molecular complexity index is 1020. The van der Waals surface area contributed by atoms with Gasteiger partial charge in [0, 0.05) is 16.6 Å². The van der Waals surface area contributed by atoms with Gasteiger partial charge in [0.05, 0.1) is 11.8 Å². The zero-order valence-corrected chi connectivity index (χ0v) is 15.2. The van der Waals surface area contributed by atoms with E-state index in [1.54, 1.807) is 18.2 Å². The Morgan fingerprint density at radius 3 is 2.44 bits per heavy atom. The second-order valence-electron chi connectivity index (χ2n) is 6.81. The summed E-state index contributed by atoms with van der Waals surface area (Å²) in [4.78, 5) is 26.8. The Hall–Kier alpha value is -3.34. The van der Waals surface area contributed by atoms with Gasteiger partial charge in [-0.1, -0.05) is 24.3 Å². The molecule has 0 saturated carbocycles. The Kier molecular flexibility index (Phi) is 4.28. The summed E-state index contributed by atoms with van der Waals surface area (Å²) in [7, 11) is 0. The third-order valence-corrected chi connectivity index (χ3v) is 4.46. The number of carbonyl (C=O) groups is 2. The number of anilines is 2. The SMILES string of the molecule is CC(C)Oc1ccc(NC(=O)CN2C(=O)c3cccc4cccc2c34)cc1. The number of hydrogen-bond donors (Lipinski definition) is 1. The van der Waals surface area contributed by atoms with Gasteiger partial charge in [0.25, 0.3) is 5.91 Å². The number of carbonyl (C=O) groups excluding carboxylic acids is 2. The zero-order chi connectivity index (χ0) is 19.0. The van der Waals surface area contributed by atoms with Crippen LogP contribution in [0, 0.1) is 0 Å². The summed E-state index contributed by atoms with van der Waals surface area (Å²) in [6, 6.07) is 18.6. The minimum Gasteiger partial charge on any atom is -0.491 e. The van der Waals surface area contributed by atoms with Gasteiger partial charge in [0.2, 0.25) is 5.91 Å². The Labute approximate surface area is 157 Å². The maximum atomic E-state index is 12.7. The van der Waals surface area contributed by atoms with E-state index in [1.165, 1.54) is 4.90 Å². The molecule has 27 heavy (non-hydrogen) atoms. The molecule has 0 aromatic heterocycles. The van der Waals surface area contributed by atoms with Crippen molar-refractivity contribution in [2.75, 3.05) is 16.8 Å². The summed E-state index contributed by atoms with van der Waals surface area (Å²) in [6.45, 7) is 3.89. The van der Waals surface area contributed by atoms with Crippen LogP contribution in [0.1, 0.15) is 24.2 Å². The van der Waals surface area contributed by atoms with Crippen LogP contribution in [0.2, 0.25) is 0 Å². The van der Waals surface area contributed by atoms with Crippen LogP contribution in [0.4, 0.5) is 11.4 Å². The molecule has 1 aliphatic rings. The van der Waals surface area contributed by atoms with Crippen LogP contribution in [0.5, 0.6) is 5.75 Å². The van der Waals surface area contributed by atoms with Crippen molar-refractivity contribution in [2.24, 2.45) is 0 Å². The lowest BCUT2D eigenvalue weighted by Crippen LogP contribution is -2.35. The molecule has 136 valence electrons. The summed E-state index contributed by atoms with van der Waals surface area (Å²) in [5.74, 6) is 0.364. The molecule has 0 spiro atoms. The van der Waals surface area contributed by atoms with Crippen molar-refractivity contribution in [3.05, 3.63) is 66.2 Å². The van der Waals surface area contributed by atoms with Crippen LogP contribution in [0.15, 0.2) is 60.7 Å². The van der Waals surface area contributed by atoms with Crippen LogP contribution in [-0.2, 0) is 4.79 Å². The lowest BCUT2D eigenvalue weighted by molar-refractivity contribution is -0.114. The van der Waals surface area contributed by atoms with E-state index in [0.29, 0.717) is 11.3 Å². The van der Waals surface area contributed by atoms with E-state index in [1.807, 2.05) is 56.3 Å². The molecule has 3 aromatic carbocycles. The van der Waals surface area contributed by atoms with Crippen molar-refractivity contribution < 1.29 is 14.3 Å². The monoisotopic (exact) mass is 360 g/mol. The van der Waals surface area contributed by atoms with Crippen LogP contribution in [0.25, 0.3) is 10.8 Å². The molecule has 1 N–H and O–H groups in total. The fourth-order valence-electron chi connectivity index (χ4n) is 3.37. The third kappa shape index (κ3) is 3.24. The highest BCUT2D eigenvalue weighted by atomic mass is 16.5. The first kappa shape index (κ1) is 17.1. The van der Waals surface area contributed by atoms with E-state index >= 15 is 0 Å². The van der Waals surface area contributed by atoms with Crippen molar-refractivity contribution >= 4 is 34.0 Å². The van der Waals surface area contributed by atoms with Crippen LogP contribution >= 0.6 is 0 Å². The molecule has 5 heteroatoms. The Morgan fingerprint density at radius 2 is 1.74 bits per heavy atom. The van der Waals surface area contributed by atoms with E-state index in [-0.39, 0.29) is 24.5 Å². The fraction of sp³-hybridized carbons (Fsp3) is 0.182. The predicted octanol–water partition coefficient (Wildman–Crippen LogP) is 4.23. The van der Waals surface area contributed by atoms with Gasteiger partial charge in [-0.2, -0.15) is 0 Å². The van der Waals surface area contributed by atoms with E-state index in [0.717, 1.165) is 22.2 Å². The van der Waals surface area contributed by atoms with Gasteiger partial charge in [-0.3, -0.25) is 14.5 Å². The number of benzene rings is 3. The quantitative estimate of drug-likeness (QED) is 0.741. The summed E-state index contributed by atoms with van der Waals surface area (Å²) >= 11 is 0. The first-order valence-corrected chi connectivity index (χ1v) is 8.93. The molecule has 1 heterocycles. The predicted molar refractivity (Wildman–Crippen MR) is 106 cm³/mol. The highest BCUT2D eigenvalue weighted by Gasteiger charge is 2.30. The van der Waals surface area contributed by atoms with E-state index in [4.69, 9.17) is 4.74 Å². The molecule has 0 unspecified atom stereocenters. The van der Waals surface area contributed by atoms with Gasteiger partial charge in [-0.15, -0.1) is 0 Å². The first-order valence-electron chi connectivity index (χ1n) is 8.93. The summed E-state index contributed by atoms with van der Waals surface area (Å²) < 4.78 is 5.60. The number of amides is 2. The molecule has 0 saturated heterocycles. The lowest BCUT2D eigenvalue weighted by atomic mass is 10.1. The second-order valence-corrected chi connectivity index (χ2v) is 6.81. The average molecular weight is 360 g/mol. The molecule has 0 bridgehead atoms. The van der Waals surface area contributed by atoms with Crippen molar-refractivity contribution in [1.29, 1.82) is 0 Å². The normalized spacial score (nSPS) is 12.7. The van der Waals surface area contributed by atoms with Gasteiger partial charge >= 0.3 is 0 Å². The molecule has 0 radical (unpaired) electrons. The van der Waals surface area contributed by atoms with Crippen molar-refractivity contribution in [3.8, 4) is 5.75 Å². The number of nitrogens with one attached hydrogen (secondary N) is 1. The van der Waals surface area contributed by atoms with Crippen molar-refractivity contribution in [2.45, 2.75) is 20.0 Å². The number of nitrogens with zero attached hydrogens (tertiary/aromatic N) is 1. The zero-order valence-electron chi connectivity index (χ0n) is 15.2. The molecule has 4 rings (SSSR count). The van der Waals surface area contributed by atoms with Crippen LogP contribution in [-0.4, -0.2) is 24.5 Å². The molecule has 0 fully saturated rings. The molecule has 1 aliphatic heterocycles. The van der Waals surface area contributed by atoms with Gasteiger partial charge in [-0.25, -0.2) is 0 Å². The van der Waals surface area contributed by atoms with Gasteiger partial charge in [0.1, 0.15) is 12.3 Å². The van der Waals surface area contributed by atoms with Crippen molar-refractivity contribution in [1.82, 2.24) is 0 Å². The first-order chi connectivity index (χ1) is 13.0. The maximum absolute atomic E-state index is 12.7. The number of ether oxygens (including phenoxy) is 1. The summed E-state index contributed by atoms with van der Waals surface area (Å²) in [5, 5.41) is 4.75. The van der Waals surface area contributed by atoms with E-state index in [2.05, 4.69) is 5.32 Å². The molecular formula is C22H20N2O3. The van der Waals surface area contributed by atoms with E-state index < -0.39 is 0 Å². The average Bonchev–Trinajstić information content (AvgIpc) is 2.91. The molecule has 2 amide bonds. The lowest BCUT2D eigenvalue weighted by Gasteiger charge is -2.17. The molecule has 0 aliphatic carbocycles.